The van der Waals surface area contributed by atoms with Gasteiger partial charge in [0.05, 0.1) is 25.5 Å². The van der Waals surface area contributed by atoms with Crippen LogP contribution in [-0.4, -0.2) is 62.7 Å². The number of anilines is 1. The summed E-state index contributed by atoms with van der Waals surface area (Å²) in [6.07, 6.45) is 2.64. The van der Waals surface area contributed by atoms with Crippen molar-refractivity contribution in [2.24, 2.45) is 5.10 Å². The maximum Gasteiger partial charge on any atom is 0.227 e. The number of benzene rings is 1. The normalized spacial score (nSPS) is 18.4. The number of quaternary nitrogens is 1. The molecule has 0 aliphatic carbocycles. The van der Waals surface area contributed by atoms with Gasteiger partial charge in [-0.3, -0.25) is 10.2 Å². The minimum Gasteiger partial charge on any atom is -0.370 e. The molecule has 1 aromatic rings. The summed E-state index contributed by atoms with van der Waals surface area (Å²) in [6.45, 7) is 8.63. The van der Waals surface area contributed by atoms with Gasteiger partial charge in [-0.2, -0.15) is 5.10 Å². The number of rotatable bonds is 7. The Balaban J connectivity index is 1.39. The third kappa shape index (κ3) is 5.98. The zero-order chi connectivity index (χ0) is 19.8. The Kier molecular flexibility index (Phi) is 7.76. The van der Waals surface area contributed by atoms with Crippen LogP contribution < -0.4 is 20.5 Å². The van der Waals surface area contributed by atoms with Gasteiger partial charge in [-0.15, -0.1) is 0 Å². The lowest BCUT2D eigenvalue weighted by Gasteiger charge is -2.23. The number of hydrogen-bond acceptors (Lipinski definition) is 4. The number of thiocarbonyl (C=S) groups is 1. The van der Waals surface area contributed by atoms with Gasteiger partial charge < -0.3 is 19.9 Å². The van der Waals surface area contributed by atoms with E-state index in [1.165, 1.54) is 0 Å². The van der Waals surface area contributed by atoms with Crippen LogP contribution in [0.15, 0.2) is 29.4 Å². The number of carbonyl (C=O) groups is 1. The van der Waals surface area contributed by atoms with E-state index in [0.29, 0.717) is 11.5 Å². The molecule has 1 aromatic carbocycles. The number of nitrogens with zero attached hydrogens (tertiary/aromatic N) is 2. The van der Waals surface area contributed by atoms with Crippen molar-refractivity contribution in [3.8, 4) is 0 Å². The lowest BCUT2D eigenvalue weighted by Crippen LogP contribution is -3.14. The van der Waals surface area contributed by atoms with E-state index >= 15 is 0 Å². The molecule has 0 aromatic heterocycles. The lowest BCUT2D eigenvalue weighted by molar-refractivity contribution is -0.908. The maximum absolute atomic E-state index is 11.8. The third-order valence-electron chi connectivity index (χ3n) is 5.19. The molecule has 0 saturated carbocycles. The molecule has 2 heterocycles. The second-order valence-corrected chi connectivity index (χ2v) is 7.63. The number of nitrogens with one attached hydrogen (secondary N) is 3. The highest BCUT2D eigenvalue weighted by Gasteiger charge is 2.21. The molecule has 0 atom stereocenters. The molecular weight excluding hydrogens is 374 g/mol. The van der Waals surface area contributed by atoms with E-state index in [0.717, 1.165) is 75.7 Å². The van der Waals surface area contributed by atoms with Crippen molar-refractivity contribution in [3.63, 3.8) is 0 Å². The molecule has 28 heavy (non-hydrogen) atoms. The second kappa shape index (κ2) is 10.5. The van der Waals surface area contributed by atoms with Crippen LogP contribution in [0.2, 0.25) is 0 Å². The van der Waals surface area contributed by atoms with Crippen molar-refractivity contribution in [2.45, 2.75) is 26.2 Å². The van der Waals surface area contributed by atoms with Crippen molar-refractivity contribution >= 4 is 34.6 Å². The summed E-state index contributed by atoms with van der Waals surface area (Å²) in [5.74, 6) is 0.200. The fourth-order valence-electron chi connectivity index (χ4n) is 3.49. The summed E-state index contributed by atoms with van der Waals surface area (Å²) < 4.78 is 5.37. The summed E-state index contributed by atoms with van der Waals surface area (Å²) in [7, 11) is 0. The lowest BCUT2D eigenvalue weighted by atomic mass is 10.1. The van der Waals surface area contributed by atoms with Crippen LogP contribution in [0.3, 0.4) is 0 Å². The smallest absolute Gasteiger partial charge is 0.227 e. The van der Waals surface area contributed by atoms with Crippen LogP contribution in [0.1, 0.15) is 31.7 Å². The Bertz CT molecular complexity index is 701. The molecule has 0 spiro atoms. The van der Waals surface area contributed by atoms with E-state index in [-0.39, 0.29) is 5.91 Å². The molecule has 2 aliphatic rings. The minimum absolute atomic E-state index is 0.200. The Hall–Kier alpha value is -2.03. The molecule has 8 heteroatoms. The third-order valence-corrected chi connectivity index (χ3v) is 5.42. The minimum atomic E-state index is 0.200. The molecule has 2 saturated heterocycles. The molecule has 152 valence electrons. The Labute approximate surface area is 172 Å². The number of ether oxygens (including phenoxy) is 1. The quantitative estimate of drug-likeness (QED) is 0.264. The monoisotopic (exact) mass is 404 g/mol. The van der Waals surface area contributed by atoms with Gasteiger partial charge in [0, 0.05) is 31.6 Å². The van der Waals surface area contributed by atoms with Crippen LogP contribution in [0.5, 0.6) is 0 Å². The van der Waals surface area contributed by atoms with Crippen LogP contribution in [-0.2, 0) is 9.53 Å². The average molecular weight is 405 g/mol. The number of hydrogen-bond donors (Lipinski definition) is 3. The van der Waals surface area contributed by atoms with Gasteiger partial charge >= 0.3 is 0 Å². The molecule has 0 bridgehead atoms. The van der Waals surface area contributed by atoms with Crippen LogP contribution in [0.25, 0.3) is 0 Å². The Morgan fingerprint density at radius 3 is 2.71 bits per heavy atom. The summed E-state index contributed by atoms with van der Waals surface area (Å²) in [6, 6.07) is 7.93. The molecule has 3 rings (SSSR count). The number of morpholine rings is 1. The van der Waals surface area contributed by atoms with Gasteiger partial charge in [0.1, 0.15) is 13.1 Å². The summed E-state index contributed by atoms with van der Waals surface area (Å²) in [5, 5.41) is 8.11. The molecule has 1 amide bonds. The molecule has 2 aliphatic heterocycles. The van der Waals surface area contributed by atoms with E-state index in [1.54, 1.807) is 4.90 Å². The summed E-state index contributed by atoms with van der Waals surface area (Å²) >= 11 is 5.30. The molecule has 0 radical (unpaired) electrons. The van der Waals surface area contributed by atoms with Crippen LogP contribution in [0.4, 0.5) is 5.69 Å². The van der Waals surface area contributed by atoms with Gasteiger partial charge in [0.25, 0.3) is 0 Å². The highest BCUT2D eigenvalue weighted by molar-refractivity contribution is 7.80. The van der Waals surface area contributed by atoms with E-state index in [1.807, 2.05) is 36.1 Å². The topological polar surface area (TPSA) is 70.4 Å². The molecule has 0 unspecified atom stereocenters. The highest BCUT2D eigenvalue weighted by Crippen LogP contribution is 2.21. The van der Waals surface area contributed by atoms with Crippen molar-refractivity contribution in [1.82, 2.24) is 10.7 Å². The highest BCUT2D eigenvalue weighted by atomic mass is 32.1. The fourth-order valence-corrected chi connectivity index (χ4v) is 3.64. The second-order valence-electron chi connectivity index (χ2n) is 7.23. The van der Waals surface area contributed by atoms with Crippen molar-refractivity contribution in [2.75, 3.05) is 50.8 Å². The van der Waals surface area contributed by atoms with E-state index < -0.39 is 0 Å². The first kappa shape index (κ1) is 20.7. The maximum atomic E-state index is 11.8. The Morgan fingerprint density at radius 2 is 2.04 bits per heavy atom. The summed E-state index contributed by atoms with van der Waals surface area (Å²) in [5.41, 5.74) is 5.71. The van der Waals surface area contributed by atoms with Gasteiger partial charge in [-0.05, 0) is 43.3 Å². The first-order valence-electron chi connectivity index (χ1n) is 10.0. The predicted molar refractivity (Wildman–Crippen MR) is 115 cm³/mol. The number of carbonyl (C=O) groups excluding carboxylic acids is 1. The van der Waals surface area contributed by atoms with Crippen molar-refractivity contribution in [1.29, 1.82) is 0 Å². The molecule has 7 nitrogen and oxygen atoms in total. The van der Waals surface area contributed by atoms with Crippen molar-refractivity contribution in [3.05, 3.63) is 29.8 Å². The zero-order valence-electron chi connectivity index (χ0n) is 16.5. The standard InChI is InChI=1S/C20H29N5O2S/c1-16(17-5-7-18(8-6-17)25-11-2-4-19(25)26)22-23-20(28)21-9-3-10-24-12-14-27-15-13-24/h5-8H,2-4,9-15H2,1H3,(H2,21,23,28)/p+1/b22-16-. The van der Waals surface area contributed by atoms with Crippen molar-refractivity contribution < 1.29 is 14.4 Å². The van der Waals surface area contributed by atoms with Crippen LogP contribution in [0, 0.1) is 0 Å². The fraction of sp³-hybridized carbons (Fsp3) is 0.550. The van der Waals surface area contributed by atoms with Gasteiger partial charge in [0.2, 0.25) is 5.91 Å². The Morgan fingerprint density at radius 1 is 1.29 bits per heavy atom. The van der Waals surface area contributed by atoms with Gasteiger partial charge in [-0.1, -0.05) is 12.1 Å². The first-order valence-corrected chi connectivity index (χ1v) is 10.4. The zero-order valence-corrected chi connectivity index (χ0v) is 17.3. The largest absolute Gasteiger partial charge is 0.370 e. The molecule has 3 N–H and O–H groups in total. The molecular formula is C20H30N5O2S+. The number of hydrazone groups is 1. The summed E-state index contributed by atoms with van der Waals surface area (Å²) in [4.78, 5) is 15.3. The SMILES string of the molecule is C/C(=N/NC(=S)NCCC[NH+]1CCOCC1)c1ccc(N2CCCC2=O)cc1. The van der Waals surface area contributed by atoms with Gasteiger partial charge in [-0.25, -0.2) is 0 Å². The van der Waals surface area contributed by atoms with E-state index in [9.17, 15) is 4.79 Å². The van der Waals surface area contributed by atoms with Crippen LogP contribution >= 0.6 is 12.2 Å². The predicted octanol–water partition coefficient (Wildman–Crippen LogP) is 0.307. The first-order chi connectivity index (χ1) is 13.6. The van der Waals surface area contributed by atoms with Gasteiger partial charge in [0.15, 0.2) is 5.11 Å². The van der Waals surface area contributed by atoms with E-state index in [4.69, 9.17) is 17.0 Å². The van der Waals surface area contributed by atoms with E-state index in [2.05, 4.69) is 15.8 Å². The number of amides is 1. The average Bonchev–Trinajstić information content (AvgIpc) is 3.16. The molecule has 2 fully saturated rings.